The molecular formula is C19H27NO3. The summed E-state index contributed by atoms with van der Waals surface area (Å²) < 4.78 is 5.68. The van der Waals surface area contributed by atoms with Crippen LogP contribution in [-0.2, 0) is 9.53 Å². The van der Waals surface area contributed by atoms with Crippen molar-refractivity contribution in [1.29, 1.82) is 0 Å². The summed E-state index contributed by atoms with van der Waals surface area (Å²) in [6.07, 6.45) is 3.18. The van der Waals surface area contributed by atoms with Gasteiger partial charge in [-0.15, -0.1) is 0 Å². The lowest BCUT2D eigenvalue weighted by Crippen LogP contribution is -2.52. The van der Waals surface area contributed by atoms with Crippen LogP contribution in [0.1, 0.15) is 63.7 Å². The number of carbonyl (C=O) groups is 2. The number of esters is 1. The van der Waals surface area contributed by atoms with Crippen LogP contribution in [-0.4, -0.2) is 23.5 Å². The Morgan fingerprint density at radius 2 is 1.70 bits per heavy atom. The van der Waals surface area contributed by atoms with Gasteiger partial charge in [0.1, 0.15) is 0 Å². The van der Waals surface area contributed by atoms with Gasteiger partial charge in [0.15, 0.2) is 6.10 Å². The van der Waals surface area contributed by atoms with E-state index in [9.17, 15) is 9.59 Å². The zero-order valence-corrected chi connectivity index (χ0v) is 14.5. The first-order valence-corrected chi connectivity index (χ1v) is 8.29. The molecule has 4 nitrogen and oxygen atoms in total. The van der Waals surface area contributed by atoms with E-state index in [0.717, 1.165) is 25.7 Å². The summed E-state index contributed by atoms with van der Waals surface area (Å²) >= 11 is 0. The van der Waals surface area contributed by atoms with Crippen LogP contribution in [0.5, 0.6) is 0 Å². The topological polar surface area (TPSA) is 55.4 Å². The van der Waals surface area contributed by atoms with Crippen LogP contribution < -0.4 is 5.32 Å². The molecule has 1 atom stereocenters. The molecule has 1 fully saturated rings. The zero-order chi connectivity index (χ0) is 17.1. The van der Waals surface area contributed by atoms with E-state index >= 15 is 0 Å². The maximum Gasteiger partial charge on any atom is 0.338 e. The molecule has 0 radical (unpaired) electrons. The highest BCUT2D eigenvalue weighted by atomic mass is 16.5. The second kappa shape index (κ2) is 6.73. The molecule has 1 aliphatic carbocycles. The Bertz CT molecular complexity index is 554. The van der Waals surface area contributed by atoms with Crippen LogP contribution in [0.2, 0.25) is 0 Å². The molecule has 1 N–H and O–H groups in total. The van der Waals surface area contributed by atoms with E-state index in [0.29, 0.717) is 5.56 Å². The molecule has 1 aliphatic rings. The normalized spacial score (nSPS) is 18.3. The first kappa shape index (κ1) is 17.5. The molecule has 23 heavy (non-hydrogen) atoms. The minimum absolute atomic E-state index is 0.203. The third-order valence-electron chi connectivity index (χ3n) is 4.35. The molecule has 1 amide bonds. The Kier molecular flexibility index (Phi) is 5.12. The smallest absolute Gasteiger partial charge is 0.338 e. The maximum absolute atomic E-state index is 12.7. The molecule has 0 aromatic heterocycles. The molecule has 1 aromatic rings. The van der Waals surface area contributed by atoms with Crippen LogP contribution in [0.15, 0.2) is 30.3 Å². The van der Waals surface area contributed by atoms with Crippen molar-refractivity contribution < 1.29 is 14.3 Å². The second-order valence-corrected chi connectivity index (χ2v) is 7.75. The van der Waals surface area contributed by atoms with Crippen LogP contribution in [0.25, 0.3) is 0 Å². The van der Waals surface area contributed by atoms with Crippen molar-refractivity contribution in [3.05, 3.63) is 35.9 Å². The Balaban J connectivity index is 2.20. The lowest BCUT2D eigenvalue weighted by molar-refractivity contribution is -0.138. The summed E-state index contributed by atoms with van der Waals surface area (Å²) in [5, 5.41) is 2.96. The number of nitrogens with one attached hydrogen (secondary N) is 1. The van der Waals surface area contributed by atoms with Gasteiger partial charge in [-0.3, -0.25) is 4.79 Å². The average molecular weight is 317 g/mol. The van der Waals surface area contributed by atoms with Gasteiger partial charge >= 0.3 is 5.97 Å². The number of carbonyl (C=O) groups excluding carboxylic acids is 2. The van der Waals surface area contributed by atoms with Gasteiger partial charge in [0.05, 0.1) is 5.56 Å². The van der Waals surface area contributed by atoms with Crippen molar-refractivity contribution in [3.8, 4) is 0 Å². The van der Waals surface area contributed by atoms with Crippen molar-refractivity contribution in [2.75, 3.05) is 0 Å². The van der Waals surface area contributed by atoms with Gasteiger partial charge in [0.2, 0.25) is 0 Å². The standard InChI is InChI=1S/C19H27NO3/c1-18(2,3)20-16(21)15(19(4)12-8-9-13-19)23-17(22)14-10-6-5-7-11-14/h5-7,10-11,15H,8-9,12-13H2,1-4H3,(H,20,21). The number of amides is 1. The highest BCUT2D eigenvalue weighted by Crippen LogP contribution is 2.42. The monoisotopic (exact) mass is 317 g/mol. The molecule has 2 rings (SSSR count). The number of hydrogen-bond acceptors (Lipinski definition) is 3. The molecule has 126 valence electrons. The van der Waals surface area contributed by atoms with E-state index in [1.165, 1.54) is 0 Å². The number of ether oxygens (including phenoxy) is 1. The molecule has 1 unspecified atom stereocenters. The van der Waals surface area contributed by atoms with Crippen molar-refractivity contribution >= 4 is 11.9 Å². The lowest BCUT2D eigenvalue weighted by atomic mass is 9.81. The zero-order valence-electron chi connectivity index (χ0n) is 14.5. The SMILES string of the molecule is CC(C)(C)NC(=O)C(OC(=O)c1ccccc1)C1(C)CCCC1. The van der Waals surface area contributed by atoms with Crippen molar-refractivity contribution in [2.45, 2.75) is 65.0 Å². The van der Waals surface area contributed by atoms with Gasteiger partial charge in [0, 0.05) is 11.0 Å². The van der Waals surface area contributed by atoms with E-state index in [4.69, 9.17) is 4.74 Å². The van der Waals surface area contributed by atoms with Gasteiger partial charge in [-0.2, -0.15) is 0 Å². The molecule has 0 heterocycles. The summed E-state index contributed by atoms with van der Waals surface area (Å²) in [6, 6.07) is 8.84. The molecular weight excluding hydrogens is 290 g/mol. The summed E-state index contributed by atoms with van der Waals surface area (Å²) in [5.74, 6) is -0.640. The number of hydrogen-bond donors (Lipinski definition) is 1. The molecule has 0 spiro atoms. The van der Waals surface area contributed by atoms with Gasteiger partial charge in [0.25, 0.3) is 5.91 Å². The average Bonchev–Trinajstić information content (AvgIpc) is 2.91. The molecule has 0 bridgehead atoms. The first-order valence-electron chi connectivity index (χ1n) is 8.29. The second-order valence-electron chi connectivity index (χ2n) is 7.75. The molecule has 0 saturated heterocycles. The molecule has 0 aliphatic heterocycles. The number of benzene rings is 1. The van der Waals surface area contributed by atoms with Crippen LogP contribution in [0.3, 0.4) is 0 Å². The largest absolute Gasteiger partial charge is 0.448 e. The highest BCUT2D eigenvalue weighted by molar-refractivity contribution is 5.92. The Morgan fingerprint density at radius 3 is 2.22 bits per heavy atom. The molecule has 4 heteroatoms. The lowest BCUT2D eigenvalue weighted by Gasteiger charge is -2.34. The number of rotatable bonds is 4. The maximum atomic E-state index is 12.7. The Morgan fingerprint density at radius 1 is 1.13 bits per heavy atom. The summed E-state index contributed by atoms with van der Waals surface area (Å²) in [4.78, 5) is 25.2. The Hall–Kier alpha value is -1.84. The summed E-state index contributed by atoms with van der Waals surface area (Å²) in [7, 11) is 0. The van der Waals surface area contributed by atoms with E-state index in [-0.39, 0.29) is 16.9 Å². The minimum Gasteiger partial charge on any atom is -0.448 e. The minimum atomic E-state index is -0.753. The van der Waals surface area contributed by atoms with Crippen LogP contribution in [0.4, 0.5) is 0 Å². The van der Waals surface area contributed by atoms with Gasteiger partial charge in [-0.25, -0.2) is 4.79 Å². The van der Waals surface area contributed by atoms with Crippen molar-refractivity contribution in [1.82, 2.24) is 5.32 Å². The van der Waals surface area contributed by atoms with Gasteiger partial charge in [-0.1, -0.05) is 38.0 Å². The van der Waals surface area contributed by atoms with E-state index in [1.54, 1.807) is 24.3 Å². The molecule has 1 saturated carbocycles. The predicted octanol–water partition coefficient (Wildman–Crippen LogP) is 3.71. The third-order valence-corrected chi connectivity index (χ3v) is 4.35. The summed E-state index contributed by atoms with van der Waals surface area (Å²) in [5.41, 5.74) is -0.175. The van der Waals surface area contributed by atoms with Gasteiger partial charge in [-0.05, 0) is 45.7 Å². The third kappa shape index (κ3) is 4.57. The van der Waals surface area contributed by atoms with Crippen molar-refractivity contribution in [2.24, 2.45) is 5.41 Å². The quantitative estimate of drug-likeness (QED) is 0.861. The van der Waals surface area contributed by atoms with E-state index in [1.807, 2.05) is 33.8 Å². The molecule has 1 aromatic carbocycles. The highest BCUT2D eigenvalue weighted by Gasteiger charge is 2.44. The first-order chi connectivity index (χ1) is 10.7. The van der Waals surface area contributed by atoms with Gasteiger partial charge < -0.3 is 10.1 Å². The fourth-order valence-electron chi connectivity index (χ4n) is 3.14. The van der Waals surface area contributed by atoms with Crippen LogP contribution in [0, 0.1) is 5.41 Å². The predicted molar refractivity (Wildman–Crippen MR) is 90.1 cm³/mol. The van der Waals surface area contributed by atoms with E-state index in [2.05, 4.69) is 5.32 Å². The fourth-order valence-corrected chi connectivity index (χ4v) is 3.14. The summed E-state index contributed by atoms with van der Waals surface area (Å²) in [6.45, 7) is 7.83. The fraction of sp³-hybridized carbons (Fsp3) is 0.579. The van der Waals surface area contributed by atoms with E-state index < -0.39 is 12.1 Å². The van der Waals surface area contributed by atoms with Crippen LogP contribution >= 0.6 is 0 Å². The Labute approximate surface area is 138 Å². The van der Waals surface area contributed by atoms with Crippen molar-refractivity contribution in [3.63, 3.8) is 0 Å².